The molecule has 0 radical (unpaired) electrons. The highest BCUT2D eigenvalue weighted by Crippen LogP contribution is 2.37. The summed E-state index contributed by atoms with van der Waals surface area (Å²) < 4.78 is 18.2. The summed E-state index contributed by atoms with van der Waals surface area (Å²) in [6.07, 6.45) is -1.10. The first-order chi connectivity index (χ1) is 14.8. The third-order valence-electron chi connectivity index (χ3n) is 4.63. The molecular formula is C20H16Cl2N4O5. The van der Waals surface area contributed by atoms with Gasteiger partial charge in [-0.05, 0) is 29.3 Å². The first-order valence-corrected chi connectivity index (χ1v) is 9.90. The number of fused-ring (bicyclic) bond motifs is 1. The average molecular weight is 463 g/mol. The average Bonchev–Trinajstić information content (AvgIpc) is 3.28. The van der Waals surface area contributed by atoms with Crippen LogP contribution in [0.4, 0.5) is 0 Å². The zero-order chi connectivity index (χ0) is 22.1. The van der Waals surface area contributed by atoms with Crippen LogP contribution < -0.4 is 0 Å². The van der Waals surface area contributed by atoms with Gasteiger partial charge in [0.2, 0.25) is 5.28 Å². The molecule has 0 spiro atoms. The van der Waals surface area contributed by atoms with E-state index >= 15 is 0 Å². The van der Waals surface area contributed by atoms with Gasteiger partial charge in [0.05, 0.1) is 17.1 Å². The zero-order valence-corrected chi connectivity index (χ0v) is 17.7. The van der Waals surface area contributed by atoms with E-state index in [1.54, 1.807) is 30.3 Å². The number of hydrogen-bond acceptors (Lipinski definition) is 8. The Hall–Kier alpha value is -3.01. The first-order valence-electron chi connectivity index (χ1n) is 9.15. The SMILES string of the molecule is C=C1[C@@H](OC(C)=O)[C@H](n2ncc3c(Cl)nc(Cl)nc32)O[C@@H]1COC(=O)c1ccccc1. The summed E-state index contributed by atoms with van der Waals surface area (Å²) in [6.45, 7) is 5.12. The molecule has 3 aromatic rings. The van der Waals surface area contributed by atoms with E-state index in [-0.39, 0.29) is 17.0 Å². The number of rotatable bonds is 5. The van der Waals surface area contributed by atoms with E-state index in [9.17, 15) is 9.59 Å². The minimum absolute atomic E-state index is 0.0755. The molecule has 1 aromatic carbocycles. The Bertz CT molecular complexity index is 1170. The minimum Gasteiger partial charge on any atom is -0.459 e. The first kappa shape index (κ1) is 21.2. The largest absolute Gasteiger partial charge is 0.459 e. The van der Waals surface area contributed by atoms with Gasteiger partial charge < -0.3 is 14.2 Å². The molecule has 31 heavy (non-hydrogen) atoms. The van der Waals surface area contributed by atoms with E-state index in [1.165, 1.54) is 17.8 Å². The van der Waals surface area contributed by atoms with Crippen LogP contribution in [-0.4, -0.2) is 50.5 Å². The summed E-state index contributed by atoms with van der Waals surface area (Å²) in [7, 11) is 0. The van der Waals surface area contributed by atoms with E-state index < -0.39 is 30.4 Å². The van der Waals surface area contributed by atoms with Crippen molar-refractivity contribution in [1.29, 1.82) is 0 Å². The van der Waals surface area contributed by atoms with Crippen LogP contribution in [0.25, 0.3) is 11.0 Å². The summed E-state index contributed by atoms with van der Waals surface area (Å²) in [4.78, 5) is 32.0. The number of carbonyl (C=O) groups excluding carboxylic acids is 2. The summed E-state index contributed by atoms with van der Waals surface area (Å²) >= 11 is 12.0. The van der Waals surface area contributed by atoms with Gasteiger partial charge in [-0.15, -0.1) is 0 Å². The molecule has 1 aliphatic heterocycles. The maximum atomic E-state index is 12.3. The fourth-order valence-corrected chi connectivity index (χ4v) is 3.62. The molecule has 0 N–H and O–H groups in total. The Balaban J connectivity index is 1.60. The molecule has 1 saturated heterocycles. The quantitative estimate of drug-likeness (QED) is 0.246. The van der Waals surface area contributed by atoms with Crippen molar-refractivity contribution in [2.75, 3.05) is 6.61 Å². The van der Waals surface area contributed by atoms with E-state index in [4.69, 9.17) is 37.4 Å². The van der Waals surface area contributed by atoms with Crippen molar-refractivity contribution >= 4 is 46.2 Å². The maximum Gasteiger partial charge on any atom is 0.338 e. The van der Waals surface area contributed by atoms with Crippen molar-refractivity contribution < 1.29 is 23.8 Å². The third-order valence-corrected chi connectivity index (χ3v) is 5.09. The molecule has 0 unspecified atom stereocenters. The van der Waals surface area contributed by atoms with Gasteiger partial charge in [-0.1, -0.05) is 36.4 Å². The molecule has 0 saturated carbocycles. The summed E-state index contributed by atoms with van der Waals surface area (Å²) in [5.41, 5.74) is 1.11. The molecule has 1 fully saturated rings. The highest BCUT2D eigenvalue weighted by Gasteiger charge is 2.44. The van der Waals surface area contributed by atoms with Gasteiger partial charge >= 0.3 is 11.9 Å². The fraction of sp³-hybridized carbons (Fsp3) is 0.250. The Morgan fingerprint density at radius 3 is 2.68 bits per heavy atom. The van der Waals surface area contributed by atoms with E-state index in [1.807, 2.05) is 0 Å². The lowest BCUT2D eigenvalue weighted by Gasteiger charge is -2.19. The molecule has 1 aliphatic rings. The van der Waals surface area contributed by atoms with Crippen molar-refractivity contribution in [3.8, 4) is 0 Å². The lowest BCUT2D eigenvalue weighted by molar-refractivity contribution is -0.151. The van der Waals surface area contributed by atoms with Gasteiger partial charge in [0.15, 0.2) is 18.0 Å². The second-order valence-corrected chi connectivity index (χ2v) is 7.39. The highest BCUT2D eigenvalue weighted by molar-refractivity contribution is 6.35. The molecule has 4 rings (SSSR count). The van der Waals surface area contributed by atoms with Gasteiger partial charge in [-0.2, -0.15) is 10.1 Å². The Labute approximate surface area is 186 Å². The van der Waals surface area contributed by atoms with E-state index in [0.29, 0.717) is 22.2 Å². The maximum absolute atomic E-state index is 12.3. The van der Waals surface area contributed by atoms with Crippen LogP contribution in [0.2, 0.25) is 10.4 Å². The Morgan fingerprint density at radius 1 is 1.23 bits per heavy atom. The number of nitrogens with zero attached hydrogens (tertiary/aromatic N) is 4. The van der Waals surface area contributed by atoms with Gasteiger partial charge in [-0.25, -0.2) is 14.5 Å². The topological polar surface area (TPSA) is 105 Å². The van der Waals surface area contributed by atoms with Crippen LogP contribution in [0.3, 0.4) is 0 Å². The van der Waals surface area contributed by atoms with Crippen molar-refractivity contribution in [3.05, 3.63) is 64.7 Å². The molecule has 2 aromatic heterocycles. The number of carbonyl (C=O) groups is 2. The van der Waals surface area contributed by atoms with Crippen molar-refractivity contribution in [2.45, 2.75) is 25.4 Å². The number of hydrogen-bond donors (Lipinski definition) is 0. The second-order valence-electron chi connectivity index (χ2n) is 6.69. The number of aromatic nitrogens is 4. The van der Waals surface area contributed by atoms with Crippen LogP contribution in [0.15, 0.2) is 48.7 Å². The second kappa shape index (κ2) is 8.62. The number of esters is 2. The number of benzene rings is 1. The lowest BCUT2D eigenvalue weighted by Crippen LogP contribution is -2.26. The van der Waals surface area contributed by atoms with Gasteiger partial charge in [0.25, 0.3) is 0 Å². The predicted molar refractivity (Wildman–Crippen MR) is 111 cm³/mol. The monoisotopic (exact) mass is 462 g/mol. The molecule has 0 aliphatic carbocycles. The van der Waals surface area contributed by atoms with Crippen molar-refractivity contribution in [3.63, 3.8) is 0 Å². The molecule has 3 atom stereocenters. The summed E-state index contributed by atoms with van der Waals surface area (Å²) in [5.74, 6) is -1.05. The molecule has 11 heteroatoms. The van der Waals surface area contributed by atoms with Crippen LogP contribution in [0.5, 0.6) is 0 Å². The smallest absolute Gasteiger partial charge is 0.338 e. The summed E-state index contributed by atoms with van der Waals surface area (Å²) in [6, 6.07) is 8.54. The zero-order valence-electron chi connectivity index (χ0n) is 16.2. The van der Waals surface area contributed by atoms with E-state index in [2.05, 4.69) is 21.6 Å². The fourth-order valence-electron chi connectivity index (χ4n) is 3.20. The summed E-state index contributed by atoms with van der Waals surface area (Å²) in [5, 5.41) is 4.74. The van der Waals surface area contributed by atoms with Crippen LogP contribution >= 0.6 is 23.2 Å². The standard InChI is InChI=1S/C20H16Cl2N4O5/c1-10-14(9-29-19(28)12-6-4-3-5-7-12)31-18(15(10)30-11(2)27)26-17-13(8-23-26)16(21)24-20(22)25-17/h3-8,14-15,18H,1,9H2,2H3/t14-,15-,18-/m1/s1. The normalized spacial score (nSPS) is 20.7. The Kier molecular flexibility index (Phi) is 5.90. The van der Waals surface area contributed by atoms with Crippen LogP contribution in [-0.2, 0) is 19.0 Å². The third kappa shape index (κ3) is 4.25. The lowest BCUT2D eigenvalue weighted by atomic mass is 10.1. The van der Waals surface area contributed by atoms with Crippen LogP contribution in [0, 0.1) is 0 Å². The molecule has 3 heterocycles. The molecule has 0 amide bonds. The predicted octanol–water partition coefficient (Wildman–Crippen LogP) is 3.38. The van der Waals surface area contributed by atoms with Gasteiger partial charge in [0.1, 0.15) is 17.9 Å². The van der Waals surface area contributed by atoms with E-state index in [0.717, 1.165) is 0 Å². The number of ether oxygens (including phenoxy) is 3. The molecule has 0 bridgehead atoms. The minimum atomic E-state index is -0.920. The molecule has 9 nitrogen and oxygen atoms in total. The Morgan fingerprint density at radius 2 is 1.97 bits per heavy atom. The van der Waals surface area contributed by atoms with Gasteiger partial charge in [0, 0.05) is 6.92 Å². The molecule has 160 valence electrons. The van der Waals surface area contributed by atoms with Crippen molar-refractivity contribution in [2.24, 2.45) is 0 Å². The van der Waals surface area contributed by atoms with Crippen molar-refractivity contribution in [1.82, 2.24) is 19.7 Å². The number of halogens is 2. The highest BCUT2D eigenvalue weighted by atomic mass is 35.5. The van der Waals surface area contributed by atoms with Gasteiger partial charge in [-0.3, -0.25) is 4.79 Å². The molecular weight excluding hydrogens is 447 g/mol. The van der Waals surface area contributed by atoms with Crippen LogP contribution in [0.1, 0.15) is 23.5 Å².